The molecular weight excluding hydrogens is 289 g/mol. The number of benzene rings is 1. The SMILES string of the molecule is CCCNc1cc(-c2cc(F)cc(Cl)c2)nc(C2CC2)n1. The summed E-state index contributed by atoms with van der Waals surface area (Å²) >= 11 is 5.94. The van der Waals surface area contributed by atoms with Crippen molar-refractivity contribution in [1.29, 1.82) is 0 Å². The van der Waals surface area contributed by atoms with E-state index in [1.54, 1.807) is 6.07 Å². The molecule has 21 heavy (non-hydrogen) atoms. The molecule has 1 fully saturated rings. The van der Waals surface area contributed by atoms with E-state index >= 15 is 0 Å². The van der Waals surface area contributed by atoms with Crippen LogP contribution in [-0.2, 0) is 0 Å². The summed E-state index contributed by atoms with van der Waals surface area (Å²) in [6.45, 7) is 2.95. The van der Waals surface area contributed by atoms with Crippen molar-refractivity contribution in [3.63, 3.8) is 0 Å². The second-order valence-electron chi connectivity index (χ2n) is 5.36. The van der Waals surface area contributed by atoms with Gasteiger partial charge in [-0.15, -0.1) is 0 Å². The average molecular weight is 306 g/mol. The average Bonchev–Trinajstić information content (AvgIpc) is 3.28. The molecule has 0 aliphatic heterocycles. The van der Waals surface area contributed by atoms with Crippen molar-refractivity contribution in [2.75, 3.05) is 11.9 Å². The molecule has 0 saturated heterocycles. The molecule has 1 N–H and O–H groups in total. The second kappa shape index (κ2) is 5.98. The van der Waals surface area contributed by atoms with Gasteiger partial charge in [-0.1, -0.05) is 18.5 Å². The van der Waals surface area contributed by atoms with Gasteiger partial charge in [0.1, 0.15) is 17.5 Å². The van der Waals surface area contributed by atoms with Crippen LogP contribution in [0.1, 0.15) is 37.9 Å². The largest absolute Gasteiger partial charge is 0.370 e. The fourth-order valence-corrected chi connectivity index (χ4v) is 2.40. The molecule has 1 aromatic carbocycles. The Hall–Kier alpha value is -1.68. The van der Waals surface area contributed by atoms with Crippen molar-refractivity contribution in [3.8, 4) is 11.3 Å². The van der Waals surface area contributed by atoms with E-state index in [0.717, 1.165) is 37.4 Å². The third-order valence-corrected chi connectivity index (χ3v) is 3.62. The van der Waals surface area contributed by atoms with E-state index in [1.807, 2.05) is 6.07 Å². The highest BCUT2D eigenvalue weighted by Crippen LogP contribution is 2.39. The highest BCUT2D eigenvalue weighted by atomic mass is 35.5. The molecule has 5 heteroatoms. The zero-order chi connectivity index (χ0) is 14.8. The number of nitrogens with one attached hydrogen (secondary N) is 1. The molecule has 0 spiro atoms. The van der Waals surface area contributed by atoms with Gasteiger partial charge >= 0.3 is 0 Å². The molecule has 1 aliphatic carbocycles. The lowest BCUT2D eigenvalue weighted by atomic mass is 10.1. The van der Waals surface area contributed by atoms with Crippen LogP contribution in [-0.4, -0.2) is 16.5 Å². The number of halogens is 2. The predicted molar refractivity (Wildman–Crippen MR) is 83.2 cm³/mol. The van der Waals surface area contributed by atoms with Gasteiger partial charge in [0.25, 0.3) is 0 Å². The van der Waals surface area contributed by atoms with Crippen LogP contribution >= 0.6 is 11.6 Å². The van der Waals surface area contributed by atoms with Crippen LogP contribution in [0.25, 0.3) is 11.3 Å². The van der Waals surface area contributed by atoms with E-state index in [9.17, 15) is 4.39 Å². The quantitative estimate of drug-likeness (QED) is 0.874. The first-order chi connectivity index (χ1) is 10.2. The summed E-state index contributed by atoms with van der Waals surface area (Å²) in [7, 11) is 0. The predicted octanol–water partition coefficient (Wildman–Crippen LogP) is 4.64. The third kappa shape index (κ3) is 3.50. The molecule has 0 unspecified atom stereocenters. The summed E-state index contributed by atoms with van der Waals surface area (Å²) < 4.78 is 13.5. The van der Waals surface area contributed by atoms with E-state index in [1.165, 1.54) is 12.1 Å². The first-order valence-corrected chi connectivity index (χ1v) is 7.63. The van der Waals surface area contributed by atoms with E-state index in [-0.39, 0.29) is 5.82 Å². The Balaban J connectivity index is 2.01. The molecule has 0 bridgehead atoms. The Labute approximate surface area is 128 Å². The van der Waals surface area contributed by atoms with E-state index in [4.69, 9.17) is 11.6 Å². The van der Waals surface area contributed by atoms with Crippen molar-refractivity contribution >= 4 is 17.4 Å². The van der Waals surface area contributed by atoms with Crippen molar-refractivity contribution in [2.24, 2.45) is 0 Å². The summed E-state index contributed by atoms with van der Waals surface area (Å²) in [4.78, 5) is 9.13. The second-order valence-corrected chi connectivity index (χ2v) is 5.79. The normalized spacial score (nSPS) is 14.2. The Kier molecular flexibility index (Phi) is 4.06. The molecule has 3 nitrogen and oxygen atoms in total. The fourth-order valence-electron chi connectivity index (χ4n) is 2.18. The summed E-state index contributed by atoms with van der Waals surface area (Å²) in [5.41, 5.74) is 1.40. The molecule has 1 aliphatic rings. The summed E-state index contributed by atoms with van der Waals surface area (Å²) in [5.74, 6) is 1.72. The van der Waals surface area contributed by atoms with Gasteiger partial charge in [-0.2, -0.15) is 0 Å². The summed E-state index contributed by atoms with van der Waals surface area (Å²) in [6, 6.07) is 6.33. The van der Waals surface area contributed by atoms with Gasteiger partial charge in [-0.05, 0) is 37.5 Å². The molecule has 1 saturated carbocycles. The number of aromatic nitrogens is 2. The maximum Gasteiger partial charge on any atom is 0.134 e. The van der Waals surface area contributed by atoms with Gasteiger partial charge < -0.3 is 5.32 Å². The van der Waals surface area contributed by atoms with Gasteiger partial charge in [-0.25, -0.2) is 14.4 Å². The lowest BCUT2D eigenvalue weighted by Crippen LogP contribution is -2.05. The van der Waals surface area contributed by atoms with Crippen LogP contribution in [0.3, 0.4) is 0 Å². The number of rotatable bonds is 5. The van der Waals surface area contributed by atoms with Crippen LogP contribution in [0.15, 0.2) is 24.3 Å². The molecule has 1 aromatic heterocycles. The molecular formula is C16H17ClFN3. The monoisotopic (exact) mass is 305 g/mol. The van der Waals surface area contributed by atoms with E-state index in [2.05, 4.69) is 22.2 Å². The van der Waals surface area contributed by atoms with Crippen LogP contribution in [0, 0.1) is 5.82 Å². The van der Waals surface area contributed by atoms with Crippen LogP contribution in [0.2, 0.25) is 5.02 Å². The molecule has 1 heterocycles. The lowest BCUT2D eigenvalue weighted by Gasteiger charge is -2.10. The summed E-state index contributed by atoms with van der Waals surface area (Å²) in [5, 5.41) is 3.65. The van der Waals surface area contributed by atoms with Crippen LogP contribution < -0.4 is 5.32 Å². The lowest BCUT2D eigenvalue weighted by molar-refractivity contribution is 0.628. The van der Waals surface area contributed by atoms with Gasteiger partial charge in [0.2, 0.25) is 0 Å². The van der Waals surface area contributed by atoms with Crippen molar-refractivity contribution in [2.45, 2.75) is 32.1 Å². The Morgan fingerprint density at radius 1 is 1.24 bits per heavy atom. The molecule has 0 radical (unpaired) electrons. The molecule has 110 valence electrons. The van der Waals surface area contributed by atoms with Crippen molar-refractivity contribution in [3.05, 3.63) is 40.9 Å². The topological polar surface area (TPSA) is 37.8 Å². The minimum absolute atomic E-state index is 0.354. The number of nitrogens with zero attached hydrogens (tertiary/aromatic N) is 2. The number of hydrogen-bond donors (Lipinski definition) is 1. The first kappa shape index (κ1) is 14.3. The number of hydrogen-bond acceptors (Lipinski definition) is 3. The maximum absolute atomic E-state index is 13.5. The van der Waals surface area contributed by atoms with E-state index in [0.29, 0.717) is 22.2 Å². The smallest absolute Gasteiger partial charge is 0.134 e. The van der Waals surface area contributed by atoms with Gasteiger partial charge in [0.15, 0.2) is 0 Å². The first-order valence-electron chi connectivity index (χ1n) is 7.25. The molecule has 2 aromatic rings. The Morgan fingerprint density at radius 3 is 2.71 bits per heavy atom. The zero-order valence-electron chi connectivity index (χ0n) is 11.9. The molecule has 0 amide bonds. The zero-order valence-corrected chi connectivity index (χ0v) is 12.6. The number of anilines is 1. The highest BCUT2D eigenvalue weighted by molar-refractivity contribution is 6.30. The van der Waals surface area contributed by atoms with Crippen molar-refractivity contribution < 1.29 is 4.39 Å². The molecule has 3 rings (SSSR count). The minimum Gasteiger partial charge on any atom is -0.370 e. The van der Waals surface area contributed by atoms with Gasteiger partial charge in [0, 0.05) is 29.1 Å². The standard InChI is InChI=1S/C16H17ClFN3/c1-2-5-19-15-9-14(20-16(21-15)10-3-4-10)11-6-12(17)8-13(18)7-11/h6-10H,2-5H2,1H3,(H,19,20,21). The third-order valence-electron chi connectivity index (χ3n) is 3.40. The Morgan fingerprint density at radius 2 is 2.05 bits per heavy atom. The maximum atomic E-state index is 13.5. The van der Waals surface area contributed by atoms with Crippen LogP contribution in [0.4, 0.5) is 10.2 Å². The Bertz CT molecular complexity index is 636. The van der Waals surface area contributed by atoms with Gasteiger partial charge in [-0.3, -0.25) is 0 Å². The molecule has 0 atom stereocenters. The van der Waals surface area contributed by atoms with Crippen molar-refractivity contribution in [1.82, 2.24) is 9.97 Å². The van der Waals surface area contributed by atoms with Gasteiger partial charge in [0.05, 0.1) is 5.69 Å². The highest BCUT2D eigenvalue weighted by Gasteiger charge is 2.27. The van der Waals surface area contributed by atoms with Crippen LogP contribution in [0.5, 0.6) is 0 Å². The fraction of sp³-hybridized carbons (Fsp3) is 0.375. The summed E-state index contributed by atoms with van der Waals surface area (Å²) in [6.07, 6.45) is 3.27. The minimum atomic E-state index is -0.354. The van der Waals surface area contributed by atoms with E-state index < -0.39 is 0 Å².